The Morgan fingerprint density at radius 1 is 1.26 bits per heavy atom. The number of fused-ring (bicyclic) bond motifs is 1. The number of anilines is 1. The highest BCUT2D eigenvalue weighted by molar-refractivity contribution is 6.05. The summed E-state index contributed by atoms with van der Waals surface area (Å²) in [6.07, 6.45) is 3.93. The first-order valence-corrected chi connectivity index (χ1v) is 10.4. The van der Waals surface area contributed by atoms with E-state index in [2.05, 4.69) is 20.3 Å². The van der Waals surface area contributed by atoms with E-state index in [1.807, 2.05) is 22.8 Å². The van der Waals surface area contributed by atoms with Crippen molar-refractivity contribution >= 4 is 22.6 Å². The van der Waals surface area contributed by atoms with Gasteiger partial charge in [-0.1, -0.05) is 6.07 Å². The lowest BCUT2D eigenvalue weighted by molar-refractivity contribution is 0.199. The third kappa shape index (κ3) is 4.46. The first kappa shape index (κ1) is 22.6. The number of nitrogens with zero attached hydrogens (tertiary/aromatic N) is 6. The van der Waals surface area contributed by atoms with Gasteiger partial charge >= 0.3 is 5.69 Å². The van der Waals surface area contributed by atoms with Crippen molar-refractivity contribution in [2.75, 3.05) is 5.32 Å². The van der Waals surface area contributed by atoms with Crippen LogP contribution >= 0.6 is 0 Å². The fraction of sp³-hybridized carbons (Fsp3) is 0.167. The molecule has 0 amide bonds. The number of rotatable bonds is 6. The second-order valence-electron chi connectivity index (χ2n) is 7.79. The van der Waals surface area contributed by atoms with Crippen LogP contribution in [0.15, 0.2) is 65.5 Å². The summed E-state index contributed by atoms with van der Waals surface area (Å²) in [7, 11) is 1.65. The molecule has 0 aliphatic heterocycles. The molecule has 10 nitrogen and oxygen atoms in total. The summed E-state index contributed by atoms with van der Waals surface area (Å²) in [6, 6.07) is 12.7. The maximum atomic E-state index is 11.9. The van der Waals surface area contributed by atoms with Crippen molar-refractivity contribution in [2.24, 2.45) is 7.05 Å². The second-order valence-corrected chi connectivity index (χ2v) is 7.79. The Hall–Kier alpha value is -4.62. The van der Waals surface area contributed by atoms with Gasteiger partial charge in [-0.05, 0) is 50.3 Å². The third-order valence-electron chi connectivity index (χ3n) is 5.22. The molecule has 0 radical (unpaired) electrons. The van der Waals surface area contributed by atoms with Gasteiger partial charge in [0.05, 0.1) is 22.8 Å². The van der Waals surface area contributed by atoms with Gasteiger partial charge in [0.2, 0.25) is 0 Å². The Labute approximate surface area is 195 Å². The van der Waals surface area contributed by atoms with E-state index >= 15 is 0 Å². The predicted octanol–water partition coefficient (Wildman–Crippen LogP) is 3.09. The van der Waals surface area contributed by atoms with E-state index in [1.165, 1.54) is 10.6 Å². The van der Waals surface area contributed by atoms with Gasteiger partial charge in [0, 0.05) is 30.1 Å². The molecule has 3 heterocycles. The van der Waals surface area contributed by atoms with Crippen molar-refractivity contribution in [3.05, 3.63) is 76.7 Å². The van der Waals surface area contributed by atoms with E-state index in [9.17, 15) is 9.90 Å². The smallest absolute Gasteiger partial charge is 0.347 e. The normalized spacial score (nSPS) is 12.4. The molecule has 3 N–H and O–H groups in total. The molecular formula is C24H22N8O2. The first-order chi connectivity index (χ1) is 16.3. The number of imidazole rings is 1. The minimum absolute atomic E-state index is 0.193. The number of aryl methyl sites for hydroxylation is 1. The average molecular weight is 454 g/mol. The molecule has 0 saturated carbocycles. The van der Waals surface area contributed by atoms with Crippen LogP contribution in [0.5, 0.6) is 0 Å². The molecule has 0 aliphatic rings. The highest BCUT2D eigenvalue weighted by Gasteiger charge is 2.14. The van der Waals surface area contributed by atoms with Gasteiger partial charge in [-0.15, -0.1) is 0 Å². The van der Waals surface area contributed by atoms with Crippen LogP contribution in [0.1, 0.15) is 25.5 Å². The van der Waals surface area contributed by atoms with Crippen LogP contribution in [0.2, 0.25) is 0 Å². The number of aromatic nitrogens is 5. The molecule has 3 aromatic heterocycles. The second kappa shape index (κ2) is 9.09. The highest BCUT2D eigenvalue weighted by Crippen LogP contribution is 2.27. The number of hydrogen-bond acceptors (Lipinski definition) is 8. The molecule has 0 saturated heterocycles. The quantitative estimate of drug-likeness (QED) is 0.380. The van der Waals surface area contributed by atoms with E-state index in [0.717, 1.165) is 11.1 Å². The van der Waals surface area contributed by atoms with Gasteiger partial charge in [-0.25, -0.2) is 14.8 Å². The van der Waals surface area contributed by atoms with Gasteiger partial charge in [-0.2, -0.15) is 10.2 Å². The summed E-state index contributed by atoms with van der Waals surface area (Å²) in [4.78, 5) is 25.1. The highest BCUT2D eigenvalue weighted by atomic mass is 16.3. The molecule has 0 fully saturated rings. The molecule has 0 bridgehead atoms. The van der Waals surface area contributed by atoms with Crippen LogP contribution in [0.4, 0.5) is 5.82 Å². The molecule has 1 aromatic carbocycles. The fourth-order valence-corrected chi connectivity index (χ4v) is 3.48. The zero-order chi connectivity index (χ0) is 24.4. The number of hydrogen-bond donors (Lipinski definition) is 3. The summed E-state index contributed by atoms with van der Waals surface area (Å²) >= 11 is 0. The predicted molar refractivity (Wildman–Crippen MR) is 129 cm³/mol. The van der Waals surface area contributed by atoms with E-state index in [-0.39, 0.29) is 11.4 Å². The molecule has 4 aromatic rings. The van der Waals surface area contributed by atoms with Gasteiger partial charge in [0.25, 0.3) is 0 Å². The molecule has 0 spiro atoms. The fourth-order valence-electron chi connectivity index (χ4n) is 3.48. The Kier molecular flexibility index (Phi) is 6.03. The number of allylic oxidation sites excluding steroid dienone is 2. The van der Waals surface area contributed by atoms with Crippen LogP contribution in [0.3, 0.4) is 0 Å². The summed E-state index contributed by atoms with van der Waals surface area (Å²) in [5, 5.41) is 29.6. The molecule has 34 heavy (non-hydrogen) atoms. The maximum absolute atomic E-state index is 11.9. The molecule has 1 unspecified atom stereocenters. The number of nitrogens with one attached hydrogen (secondary N) is 2. The molecule has 0 aliphatic carbocycles. The topological polar surface area (TPSA) is 146 Å². The monoisotopic (exact) mass is 454 g/mol. The van der Waals surface area contributed by atoms with Gasteiger partial charge < -0.3 is 15.0 Å². The lowest BCUT2D eigenvalue weighted by atomic mass is 10.1. The van der Waals surface area contributed by atoms with E-state index in [0.29, 0.717) is 34.1 Å². The van der Waals surface area contributed by atoms with E-state index < -0.39 is 6.10 Å². The number of nitriles is 1. The van der Waals surface area contributed by atoms with Crippen molar-refractivity contribution in [1.29, 1.82) is 10.7 Å². The standard InChI is InChI=1S/C24H22N8O2/c1-14(10-17(26)12-25)28-23-18(15(2)33)5-7-22(30-23)32-13-27-20-11-16(4-6-21(20)32)19-8-9-31(3)24(34)29-19/h4-11,13,15,26,33H,1-3H3,(H,28,30)/b14-10-,26-17?. The summed E-state index contributed by atoms with van der Waals surface area (Å²) in [5.74, 6) is 0.979. The van der Waals surface area contributed by atoms with Gasteiger partial charge in [-0.3, -0.25) is 9.98 Å². The SMILES string of the molecule is C/C(=C/C(=N)C#N)Nc1nc(-n2cnc3cc(-c4ccn(C)c(=O)n4)ccc32)ccc1C(C)O. The number of aliphatic hydroxyl groups is 1. The van der Waals surface area contributed by atoms with E-state index in [1.54, 1.807) is 57.7 Å². The third-order valence-corrected chi connectivity index (χ3v) is 5.22. The van der Waals surface area contributed by atoms with Crippen LogP contribution in [0.25, 0.3) is 28.1 Å². The summed E-state index contributed by atoms with van der Waals surface area (Å²) < 4.78 is 3.22. The Morgan fingerprint density at radius 3 is 2.76 bits per heavy atom. The molecule has 10 heteroatoms. The van der Waals surface area contributed by atoms with Crippen molar-refractivity contribution in [2.45, 2.75) is 20.0 Å². The van der Waals surface area contributed by atoms with Crippen LogP contribution < -0.4 is 11.0 Å². The summed E-state index contributed by atoms with van der Waals surface area (Å²) in [6.45, 7) is 3.35. The molecule has 170 valence electrons. The van der Waals surface area contributed by atoms with Gasteiger partial charge in [0.15, 0.2) is 0 Å². The zero-order valence-electron chi connectivity index (χ0n) is 18.8. The molecule has 1 atom stereocenters. The van der Waals surface area contributed by atoms with Crippen LogP contribution in [-0.4, -0.2) is 34.9 Å². The van der Waals surface area contributed by atoms with Crippen molar-refractivity contribution in [3.8, 4) is 23.1 Å². The van der Waals surface area contributed by atoms with Crippen LogP contribution in [-0.2, 0) is 7.05 Å². The minimum atomic E-state index is -0.777. The zero-order valence-corrected chi connectivity index (χ0v) is 18.8. The number of benzene rings is 1. The Morgan fingerprint density at radius 2 is 2.06 bits per heavy atom. The maximum Gasteiger partial charge on any atom is 0.347 e. The Balaban J connectivity index is 1.74. The summed E-state index contributed by atoms with van der Waals surface area (Å²) in [5.41, 5.74) is 3.43. The van der Waals surface area contributed by atoms with Crippen molar-refractivity contribution in [1.82, 2.24) is 24.1 Å². The Bertz CT molecular complexity index is 1540. The van der Waals surface area contributed by atoms with E-state index in [4.69, 9.17) is 10.7 Å². The molecular weight excluding hydrogens is 432 g/mol. The number of aliphatic hydroxyl groups excluding tert-OH is 1. The first-order valence-electron chi connectivity index (χ1n) is 10.4. The van der Waals surface area contributed by atoms with Crippen molar-refractivity contribution in [3.63, 3.8) is 0 Å². The van der Waals surface area contributed by atoms with Crippen LogP contribution in [0, 0.1) is 16.7 Å². The number of pyridine rings is 1. The average Bonchev–Trinajstić information content (AvgIpc) is 3.23. The molecule has 4 rings (SSSR count). The lowest BCUT2D eigenvalue weighted by Crippen LogP contribution is -2.19. The van der Waals surface area contributed by atoms with Crippen molar-refractivity contribution < 1.29 is 5.11 Å². The van der Waals surface area contributed by atoms with Gasteiger partial charge in [0.1, 0.15) is 29.7 Å². The lowest BCUT2D eigenvalue weighted by Gasteiger charge is -2.15. The largest absolute Gasteiger partial charge is 0.389 e. The minimum Gasteiger partial charge on any atom is -0.389 e.